The number of aromatic nitrogens is 2. The molecule has 2 N–H and O–H groups in total. The van der Waals surface area contributed by atoms with Crippen molar-refractivity contribution in [2.24, 2.45) is 5.73 Å². The van der Waals surface area contributed by atoms with Crippen LogP contribution in [0, 0.1) is 13.8 Å². The van der Waals surface area contributed by atoms with Crippen LogP contribution < -0.4 is 5.73 Å². The van der Waals surface area contributed by atoms with Gasteiger partial charge in [0.1, 0.15) is 0 Å². The van der Waals surface area contributed by atoms with E-state index in [-0.39, 0.29) is 0 Å². The molecule has 94 valence electrons. The second-order valence-corrected chi connectivity index (χ2v) is 5.19. The number of hydrogen-bond donors (Lipinski definition) is 1. The first-order valence-electron chi connectivity index (χ1n) is 6.56. The van der Waals surface area contributed by atoms with E-state index in [0.29, 0.717) is 12.5 Å². The first-order valence-corrected chi connectivity index (χ1v) is 6.56. The second kappa shape index (κ2) is 4.25. The lowest BCUT2D eigenvalue weighted by atomic mass is 10.1. The molecule has 0 amide bonds. The Morgan fingerprint density at radius 1 is 1.28 bits per heavy atom. The normalized spacial score (nSPS) is 15.1. The maximum atomic E-state index is 5.73. The van der Waals surface area contributed by atoms with Crippen LogP contribution >= 0.6 is 0 Å². The third kappa shape index (κ3) is 1.85. The summed E-state index contributed by atoms with van der Waals surface area (Å²) >= 11 is 0. The van der Waals surface area contributed by atoms with E-state index in [2.05, 4.69) is 47.9 Å². The predicted molar refractivity (Wildman–Crippen MR) is 72.9 cm³/mol. The van der Waals surface area contributed by atoms with Gasteiger partial charge in [0.25, 0.3) is 0 Å². The van der Waals surface area contributed by atoms with Crippen LogP contribution in [0.5, 0.6) is 0 Å². The van der Waals surface area contributed by atoms with E-state index < -0.39 is 0 Å². The zero-order valence-corrected chi connectivity index (χ0v) is 11.0. The lowest BCUT2D eigenvalue weighted by Gasteiger charge is -2.12. The Morgan fingerprint density at radius 2 is 1.94 bits per heavy atom. The standard InChI is InChI=1S/C15H19N3/c1-10-4-3-5-11(2)15(10)18-14(12-6-7-12)8-13(9-16)17-18/h3-5,8,12H,6-7,9,16H2,1-2H3. The van der Waals surface area contributed by atoms with Gasteiger partial charge in [0.15, 0.2) is 0 Å². The highest BCUT2D eigenvalue weighted by Gasteiger charge is 2.29. The van der Waals surface area contributed by atoms with Gasteiger partial charge < -0.3 is 5.73 Å². The van der Waals surface area contributed by atoms with Crippen molar-refractivity contribution in [3.05, 3.63) is 46.8 Å². The fraction of sp³-hybridized carbons (Fsp3) is 0.400. The predicted octanol–water partition coefficient (Wildman–Crippen LogP) is 2.83. The summed E-state index contributed by atoms with van der Waals surface area (Å²) in [5.74, 6) is 0.678. The minimum atomic E-state index is 0.512. The molecule has 1 aliphatic rings. The van der Waals surface area contributed by atoms with E-state index in [4.69, 9.17) is 5.73 Å². The molecule has 1 saturated carbocycles. The average Bonchev–Trinajstić information content (AvgIpc) is 3.10. The van der Waals surface area contributed by atoms with Crippen LogP contribution in [0.1, 0.15) is 41.3 Å². The third-order valence-electron chi connectivity index (χ3n) is 3.64. The van der Waals surface area contributed by atoms with Gasteiger partial charge >= 0.3 is 0 Å². The molecule has 2 aromatic rings. The van der Waals surface area contributed by atoms with Crippen molar-refractivity contribution < 1.29 is 0 Å². The van der Waals surface area contributed by atoms with Crippen molar-refractivity contribution >= 4 is 0 Å². The van der Waals surface area contributed by atoms with E-state index >= 15 is 0 Å². The van der Waals surface area contributed by atoms with Crippen LogP contribution in [0.15, 0.2) is 24.3 Å². The van der Waals surface area contributed by atoms with E-state index in [0.717, 1.165) is 5.69 Å². The number of benzene rings is 1. The second-order valence-electron chi connectivity index (χ2n) is 5.19. The molecule has 0 spiro atoms. The van der Waals surface area contributed by atoms with Gasteiger partial charge in [-0.1, -0.05) is 18.2 Å². The average molecular weight is 241 g/mol. The Hall–Kier alpha value is -1.61. The summed E-state index contributed by atoms with van der Waals surface area (Å²) in [7, 11) is 0. The molecule has 3 heteroatoms. The molecular weight excluding hydrogens is 222 g/mol. The monoisotopic (exact) mass is 241 g/mol. The molecule has 0 radical (unpaired) electrons. The minimum Gasteiger partial charge on any atom is -0.325 e. The van der Waals surface area contributed by atoms with Gasteiger partial charge in [0, 0.05) is 18.2 Å². The molecule has 1 aliphatic carbocycles. The molecule has 3 nitrogen and oxygen atoms in total. The van der Waals surface area contributed by atoms with Crippen molar-refractivity contribution in [3.63, 3.8) is 0 Å². The molecular formula is C15H19N3. The van der Waals surface area contributed by atoms with Crippen molar-refractivity contribution in [3.8, 4) is 5.69 Å². The molecule has 1 aromatic heterocycles. The quantitative estimate of drug-likeness (QED) is 0.898. The van der Waals surface area contributed by atoms with E-state index in [1.807, 2.05) is 0 Å². The maximum Gasteiger partial charge on any atom is 0.0767 e. The Kier molecular flexibility index (Phi) is 2.71. The lowest BCUT2D eigenvalue weighted by molar-refractivity contribution is 0.777. The summed E-state index contributed by atoms with van der Waals surface area (Å²) in [6, 6.07) is 8.55. The summed E-state index contributed by atoms with van der Waals surface area (Å²) in [5.41, 5.74) is 11.8. The maximum absolute atomic E-state index is 5.73. The molecule has 18 heavy (non-hydrogen) atoms. The minimum absolute atomic E-state index is 0.512. The van der Waals surface area contributed by atoms with Crippen molar-refractivity contribution in [2.75, 3.05) is 0 Å². The van der Waals surface area contributed by atoms with Gasteiger partial charge in [-0.25, -0.2) is 4.68 Å². The summed E-state index contributed by atoms with van der Waals surface area (Å²) in [6.07, 6.45) is 2.56. The number of nitrogens with two attached hydrogens (primary N) is 1. The first kappa shape index (κ1) is 11.5. The third-order valence-corrected chi connectivity index (χ3v) is 3.64. The SMILES string of the molecule is Cc1cccc(C)c1-n1nc(CN)cc1C1CC1. The van der Waals surface area contributed by atoms with Crippen LogP contribution in [0.25, 0.3) is 5.69 Å². The highest BCUT2D eigenvalue weighted by Crippen LogP contribution is 2.41. The van der Waals surface area contributed by atoms with Crippen LogP contribution in [-0.4, -0.2) is 9.78 Å². The number of rotatable bonds is 3. The number of hydrogen-bond acceptors (Lipinski definition) is 2. The molecule has 0 saturated heterocycles. The van der Waals surface area contributed by atoms with Gasteiger partial charge in [-0.05, 0) is 43.9 Å². The van der Waals surface area contributed by atoms with Gasteiger partial charge in [0.2, 0.25) is 0 Å². The van der Waals surface area contributed by atoms with Gasteiger partial charge in [-0.2, -0.15) is 5.10 Å². The van der Waals surface area contributed by atoms with Crippen LogP contribution in [0.3, 0.4) is 0 Å². The van der Waals surface area contributed by atoms with E-state index in [9.17, 15) is 0 Å². The van der Waals surface area contributed by atoms with Gasteiger partial charge in [0.05, 0.1) is 11.4 Å². The molecule has 1 heterocycles. The number of para-hydroxylation sites is 1. The fourth-order valence-corrected chi connectivity index (χ4v) is 2.54. The molecule has 0 bridgehead atoms. The van der Waals surface area contributed by atoms with Gasteiger partial charge in [-0.3, -0.25) is 0 Å². The summed E-state index contributed by atoms with van der Waals surface area (Å²) in [5, 5.41) is 4.67. The Morgan fingerprint density at radius 3 is 2.50 bits per heavy atom. The van der Waals surface area contributed by atoms with Gasteiger partial charge in [-0.15, -0.1) is 0 Å². The molecule has 1 aromatic carbocycles. The fourth-order valence-electron chi connectivity index (χ4n) is 2.54. The zero-order chi connectivity index (χ0) is 12.7. The Bertz CT molecular complexity index is 559. The topological polar surface area (TPSA) is 43.8 Å². The summed E-state index contributed by atoms with van der Waals surface area (Å²) in [6.45, 7) is 4.79. The van der Waals surface area contributed by atoms with E-state index in [1.54, 1.807) is 0 Å². The smallest absolute Gasteiger partial charge is 0.0767 e. The largest absolute Gasteiger partial charge is 0.325 e. The van der Waals surface area contributed by atoms with Crippen molar-refractivity contribution in [2.45, 2.75) is 39.2 Å². The van der Waals surface area contributed by atoms with Crippen molar-refractivity contribution in [1.29, 1.82) is 0 Å². The first-order chi connectivity index (χ1) is 8.70. The highest BCUT2D eigenvalue weighted by molar-refractivity contribution is 5.48. The molecule has 1 fully saturated rings. The van der Waals surface area contributed by atoms with E-state index in [1.165, 1.54) is 35.3 Å². The number of nitrogens with zero attached hydrogens (tertiary/aromatic N) is 2. The Balaban J connectivity index is 2.18. The van der Waals surface area contributed by atoms with Crippen molar-refractivity contribution in [1.82, 2.24) is 9.78 Å². The molecule has 0 atom stereocenters. The number of aryl methyl sites for hydroxylation is 2. The highest BCUT2D eigenvalue weighted by atomic mass is 15.3. The molecule has 0 unspecified atom stereocenters. The zero-order valence-electron chi connectivity index (χ0n) is 11.0. The lowest BCUT2D eigenvalue weighted by Crippen LogP contribution is -2.06. The summed E-state index contributed by atoms with van der Waals surface area (Å²) < 4.78 is 2.12. The van der Waals surface area contributed by atoms with Crippen LogP contribution in [0.4, 0.5) is 0 Å². The Labute approximate surface area is 108 Å². The summed E-state index contributed by atoms with van der Waals surface area (Å²) in [4.78, 5) is 0. The molecule has 0 aliphatic heterocycles. The van der Waals surface area contributed by atoms with Crippen LogP contribution in [0.2, 0.25) is 0 Å². The molecule has 3 rings (SSSR count). The van der Waals surface area contributed by atoms with Crippen LogP contribution in [-0.2, 0) is 6.54 Å².